The minimum absolute atomic E-state index is 0.0293. The molecular weight excluding hydrogens is 438 g/mol. The summed E-state index contributed by atoms with van der Waals surface area (Å²) in [6.07, 6.45) is 5.99. The van der Waals surface area contributed by atoms with Crippen LogP contribution in [0.25, 0.3) is 11.0 Å². The lowest BCUT2D eigenvalue weighted by Crippen LogP contribution is -2.27. The van der Waals surface area contributed by atoms with Gasteiger partial charge in [0.25, 0.3) is 0 Å². The number of hydrogen-bond donors (Lipinski definition) is 1. The fourth-order valence-electron chi connectivity index (χ4n) is 4.25. The lowest BCUT2D eigenvalue weighted by Gasteiger charge is -2.15. The molecule has 0 spiro atoms. The Balaban J connectivity index is 1.45. The van der Waals surface area contributed by atoms with Gasteiger partial charge in [-0.25, -0.2) is 13.4 Å². The number of nitrogens with zero attached hydrogens (tertiary/aromatic N) is 4. The number of aromatic nitrogens is 3. The summed E-state index contributed by atoms with van der Waals surface area (Å²) < 4.78 is 29.5. The third-order valence-corrected chi connectivity index (χ3v) is 7.85. The summed E-state index contributed by atoms with van der Waals surface area (Å²) in [6.45, 7) is 4.55. The van der Waals surface area contributed by atoms with Gasteiger partial charge in [-0.2, -0.15) is 4.31 Å². The van der Waals surface area contributed by atoms with Crippen LogP contribution in [0.4, 0.5) is 0 Å². The fourth-order valence-corrected chi connectivity index (χ4v) is 5.79. The third kappa shape index (κ3) is 5.42. The van der Waals surface area contributed by atoms with Crippen LogP contribution in [-0.4, -0.2) is 52.8 Å². The van der Waals surface area contributed by atoms with Crippen molar-refractivity contribution in [3.8, 4) is 0 Å². The van der Waals surface area contributed by atoms with E-state index < -0.39 is 10.0 Å². The van der Waals surface area contributed by atoms with E-state index in [1.54, 1.807) is 22.6 Å². The lowest BCUT2D eigenvalue weighted by atomic mass is 10.2. The molecule has 176 valence electrons. The molecule has 4 rings (SSSR count). The highest BCUT2D eigenvalue weighted by Gasteiger charge is 2.27. The molecule has 0 radical (unpaired) electrons. The van der Waals surface area contributed by atoms with E-state index in [4.69, 9.17) is 4.98 Å². The minimum Gasteiger partial charge on any atom is -0.356 e. The van der Waals surface area contributed by atoms with E-state index in [9.17, 15) is 13.2 Å². The molecule has 1 N–H and O–H groups in total. The molecule has 33 heavy (non-hydrogen) atoms. The molecule has 2 aromatic heterocycles. The monoisotopic (exact) mass is 469 g/mol. The number of hydrogen-bond acceptors (Lipinski definition) is 5. The first-order valence-corrected chi connectivity index (χ1v) is 13.1. The van der Waals surface area contributed by atoms with Crippen LogP contribution >= 0.6 is 0 Å². The van der Waals surface area contributed by atoms with Gasteiger partial charge >= 0.3 is 0 Å². The van der Waals surface area contributed by atoms with Crippen molar-refractivity contribution in [2.24, 2.45) is 0 Å². The number of nitrogens with one attached hydrogen (secondary N) is 1. The first kappa shape index (κ1) is 23.4. The molecule has 1 aliphatic heterocycles. The number of sulfonamides is 1. The van der Waals surface area contributed by atoms with Gasteiger partial charge in [-0.3, -0.25) is 9.78 Å². The smallest absolute Gasteiger partial charge is 0.243 e. The number of imidazole rings is 1. The number of carbonyl (C=O) groups excluding carboxylic acids is 1. The van der Waals surface area contributed by atoms with Crippen molar-refractivity contribution in [2.75, 3.05) is 19.6 Å². The van der Waals surface area contributed by atoms with Gasteiger partial charge in [-0.15, -0.1) is 0 Å². The third-order valence-electron chi connectivity index (χ3n) is 5.95. The van der Waals surface area contributed by atoms with E-state index in [2.05, 4.69) is 21.8 Å². The molecule has 3 heterocycles. The molecule has 1 saturated heterocycles. The van der Waals surface area contributed by atoms with Gasteiger partial charge in [0.2, 0.25) is 15.9 Å². The van der Waals surface area contributed by atoms with Gasteiger partial charge in [0.05, 0.1) is 15.9 Å². The highest BCUT2D eigenvalue weighted by atomic mass is 32.2. The second kappa shape index (κ2) is 10.4. The Morgan fingerprint density at radius 3 is 2.67 bits per heavy atom. The SMILES string of the molecule is CCCn1c(CCC(=O)NCCc2ccccn2)nc2cc(S(=O)(=O)N3CCCC3)ccc21. The van der Waals surface area contributed by atoms with E-state index in [0.717, 1.165) is 42.8 Å². The highest BCUT2D eigenvalue weighted by Crippen LogP contribution is 2.25. The highest BCUT2D eigenvalue weighted by molar-refractivity contribution is 7.89. The second-order valence-electron chi connectivity index (χ2n) is 8.36. The molecule has 8 nitrogen and oxygen atoms in total. The molecule has 0 bridgehead atoms. The molecule has 0 saturated carbocycles. The number of pyridine rings is 1. The van der Waals surface area contributed by atoms with Crippen LogP contribution < -0.4 is 5.32 Å². The van der Waals surface area contributed by atoms with Crippen molar-refractivity contribution >= 4 is 27.0 Å². The Morgan fingerprint density at radius 2 is 1.94 bits per heavy atom. The predicted octanol–water partition coefficient (Wildman–Crippen LogP) is 2.92. The first-order chi connectivity index (χ1) is 16.0. The number of rotatable bonds is 10. The number of fused-ring (bicyclic) bond motifs is 1. The van der Waals surface area contributed by atoms with E-state index >= 15 is 0 Å². The summed E-state index contributed by atoms with van der Waals surface area (Å²) in [4.78, 5) is 21.6. The Labute approximate surface area is 195 Å². The average Bonchev–Trinajstić information content (AvgIpc) is 3.48. The van der Waals surface area contributed by atoms with Gasteiger partial charge < -0.3 is 9.88 Å². The van der Waals surface area contributed by atoms with Crippen LogP contribution in [0.3, 0.4) is 0 Å². The van der Waals surface area contributed by atoms with Crippen molar-refractivity contribution in [3.05, 3.63) is 54.1 Å². The average molecular weight is 470 g/mol. The van der Waals surface area contributed by atoms with Crippen molar-refractivity contribution < 1.29 is 13.2 Å². The predicted molar refractivity (Wildman–Crippen MR) is 127 cm³/mol. The summed E-state index contributed by atoms with van der Waals surface area (Å²) >= 11 is 0. The summed E-state index contributed by atoms with van der Waals surface area (Å²) in [6, 6.07) is 10.9. The molecule has 0 unspecified atom stereocenters. The van der Waals surface area contributed by atoms with Crippen LogP contribution in [0.5, 0.6) is 0 Å². The van der Waals surface area contributed by atoms with Gasteiger partial charge in [0.1, 0.15) is 5.82 Å². The standard InChI is InChI=1S/C24H31N5O3S/c1-2-15-29-22-9-8-20(33(31,32)28-16-5-6-17-28)18-21(22)27-23(29)10-11-24(30)26-14-12-19-7-3-4-13-25-19/h3-4,7-9,13,18H,2,5-6,10-12,14-17H2,1H3,(H,26,30). The summed E-state index contributed by atoms with van der Waals surface area (Å²) in [5.41, 5.74) is 2.51. The Morgan fingerprint density at radius 1 is 1.12 bits per heavy atom. The van der Waals surface area contributed by atoms with Crippen LogP contribution in [-0.2, 0) is 34.2 Å². The van der Waals surface area contributed by atoms with Crippen LogP contribution in [0, 0.1) is 0 Å². The zero-order chi connectivity index (χ0) is 23.3. The maximum absolute atomic E-state index is 12.9. The molecule has 1 aromatic carbocycles. The summed E-state index contributed by atoms with van der Waals surface area (Å²) in [7, 11) is -3.49. The van der Waals surface area contributed by atoms with Crippen molar-refractivity contribution in [2.45, 2.75) is 56.9 Å². The molecule has 0 atom stereocenters. The Kier molecular flexibility index (Phi) is 7.39. The van der Waals surface area contributed by atoms with E-state index in [0.29, 0.717) is 44.4 Å². The molecule has 0 aliphatic carbocycles. The molecule has 9 heteroatoms. The molecule has 3 aromatic rings. The Bertz CT molecular complexity index is 1200. The Hall–Kier alpha value is -2.78. The topological polar surface area (TPSA) is 97.2 Å². The number of amides is 1. The molecule has 1 aliphatic rings. The van der Waals surface area contributed by atoms with E-state index in [1.165, 1.54) is 0 Å². The van der Waals surface area contributed by atoms with Gasteiger partial charge in [-0.1, -0.05) is 13.0 Å². The zero-order valence-electron chi connectivity index (χ0n) is 19.0. The lowest BCUT2D eigenvalue weighted by molar-refractivity contribution is -0.121. The summed E-state index contributed by atoms with van der Waals surface area (Å²) in [5.74, 6) is 0.779. The maximum Gasteiger partial charge on any atom is 0.243 e. The molecular formula is C24H31N5O3S. The van der Waals surface area contributed by atoms with Crippen LogP contribution in [0.15, 0.2) is 47.5 Å². The quantitative estimate of drug-likeness (QED) is 0.492. The van der Waals surface area contributed by atoms with Crippen molar-refractivity contribution in [1.82, 2.24) is 24.2 Å². The molecule has 1 fully saturated rings. The second-order valence-corrected chi connectivity index (χ2v) is 10.3. The molecule has 1 amide bonds. The van der Waals surface area contributed by atoms with Gasteiger partial charge in [0.15, 0.2) is 0 Å². The fraction of sp³-hybridized carbons (Fsp3) is 0.458. The van der Waals surface area contributed by atoms with E-state index in [1.807, 2.05) is 24.3 Å². The number of benzene rings is 1. The number of carbonyl (C=O) groups is 1. The zero-order valence-corrected chi connectivity index (χ0v) is 19.9. The van der Waals surface area contributed by atoms with Crippen LogP contribution in [0.1, 0.15) is 44.1 Å². The largest absolute Gasteiger partial charge is 0.356 e. The number of aryl methyl sites for hydroxylation is 2. The van der Waals surface area contributed by atoms with Gasteiger partial charge in [-0.05, 0) is 49.6 Å². The van der Waals surface area contributed by atoms with E-state index in [-0.39, 0.29) is 10.8 Å². The van der Waals surface area contributed by atoms with Crippen LogP contribution in [0.2, 0.25) is 0 Å². The normalized spacial score (nSPS) is 14.7. The minimum atomic E-state index is -3.49. The maximum atomic E-state index is 12.9. The summed E-state index contributed by atoms with van der Waals surface area (Å²) in [5, 5.41) is 2.95. The first-order valence-electron chi connectivity index (χ1n) is 11.6. The van der Waals surface area contributed by atoms with Crippen molar-refractivity contribution in [3.63, 3.8) is 0 Å². The van der Waals surface area contributed by atoms with Gasteiger partial charge in [0, 0.05) is 57.3 Å². The van der Waals surface area contributed by atoms with Crippen molar-refractivity contribution in [1.29, 1.82) is 0 Å².